The molecule has 0 aromatic heterocycles. The Morgan fingerprint density at radius 1 is 1.06 bits per heavy atom. The number of allylic oxidation sites excluding steroid dienone is 2. The Bertz CT molecular complexity index is 741. The standard InChI is InChI=1S/C28H46O3/c1-17(2)18(3)7-8-19(4)22-9-10-23-21-15-25(30)28(31)16-20(29)11-14-27(28,6)24(21)12-13-26(22,23)5/h15,17,19-20,22-25,29-31H,3,7-14,16H2,1-2,4-6H3. The molecule has 31 heavy (non-hydrogen) atoms. The van der Waals surface area contributed by atoms with Crippen molar-refractivity contribution in [2.75, 3.05) is 0 Å². The SMILES string of the molecule is C=C(CCC(C)C1CCC2C3=CC(O)C4(O)CC(O)CCC4(C)C3CCC21C)C(C)C. The van der Waals surface area contributed by atoms with E-state index in [2.05, 4.69) is 41.2 Å². The number of aliphatic hydroxyl groups excluding tert-OH is 2. The van der Waals surface area contributed by atoms with Crippen LogP contribution in [0.2, 0.25) is 0 Å². The second-order valence-electron chi connectivity index (χ2n) is 12.5. The van der Waals surface area contributed by atoms with E-state index in [1.165, 1.54) is 36.8 Å². The maximum atomic E-state index is 11.6. The summed E-state index contributed by atoms with van der Waals surface area (Å²) in [6.45, 7) is 15.9. The predicted molar refractivity (Wildman–Crippen MR) is 126 cm³/mol. The van der Waals surface area contributed by atoms with Crippen molar-refractivity contribution in [2.24, 2.45) is 40.4 Å². The fraction of sp³-hybridized carbons (Fsp3) is 0.857. The lowest BCUT2D eigenvalue weighted by Crippen LogP contribution is -2.65. The first-order valence-electron chi connectivity index (χ1n) is 12.9. The number of rotatable bonds is 5. The van der Waals surface area contributed by atoms with E-state index in [-0.39, 0.29) is 5.41 Å². The van der Waals surface area contributed by atoms with Crippen molar-refractivity contribution < 1.29 is 15.3 Å². The lowest BCUT2D eigenvalue weighted by Gasteiger charge is -2.62. The molecule has 9 atom stereocenters. The first kappa shape index (κ1) is 23.5. The first-order chi connectivity index (χ1) is 14.4. The summed E-state index contributed by atoms with van der Waals surface area (Å²) in [7, 11) is 0. The van der Waals surface area contributed by atoms with Gasteiger partial charge in [0.2, 0.25) is 0 Å². The molecule has 176 valence electrons. The molecule has 9 unspecified atom stereocenters. The molecule has 4 aliphatic rings. The van der Waals surface area contributed by atoms with Crippen LogP contribution in [0, 0.1) is 40.4 Å². The summed E-state index contributed by atoms with van der Waals surface area (Å²) in [5.74, 6) is 2.83. The third-order valence-corrected chi connectivity index (χ3v) is 10.8. The van der Waals surface area contributed by atoms with Gasteiger partial charge in [-0.2, -0.15) is 0 Å². The Kier molecular flexibility index (Phi) is 6.06. The minimum absolute atomic E-state index is 0.292. The van der Waals surface area contributed by atoms with Crippen LogP contribution in [0.15, 0.2) is 23.8 Å². The van der Waals surface area contributed by atoms with Gasteiger partial charge in [-0.1, -0.05) is 58.4 Å². The first-order valence-corrected chi connectivity index (χ1v) is 12.9. The zero-order valence-electron chi connectivity index (χ0n) is 20.5. The van der Waals surface area contributed by atoms with Crippen LogP contribution in [0.1, 0.15) is 92.4 Å². The van der Waals surface area contributed by atoms with Crippen LogP contribution in [0.25, 0.3) is 0 Å². The molecular formula is C28H46O3. The number of aliphatic hydroxyl groups is 3. The van der Waals surface area contributed by atoms with Crippen molar-refractivity contribution in [3.63, 3.8) is 0 Å². The quantitative estimate of drug-likeness (QED) is 0.495. The van der Waals surface area contributed by atoms with Gasteiger partial charge in [0.15, 0.2) is 0 Å². The summed E-state index contributed by atoms with van der Waals surface area (Å²) in [5, 5.41) is 32.9. The summed E-state index contributed by atoms with van der Waals surface area (Å²) in [6.07, 6.45) is 9.64. The molecule has 3 heteroatoms. The van der Waals surface area contributed by atoms with E-state index in [4.69, 9.17) is 0 Å². The topological polar surface area (TPSA) is 60.7 Å². The fourth-order valence-corrected chi connectivity index (χ4v) is 8.42. The minimum atomic E-state index is -1.20. The van der Waals surface area contributed by atoms with Gasteiger partial charge < -0.3 is 15.3 Å². The normalized spacial score (nSPS) is 47.9. The van der Waals surface area contributed by atoms with Crippen molar-refractivity contribution in [1.82, 2.24) is 0 Å². The maximum absolute atomic E-state index is 11.6. The van der Waals surface area contributed by atoms with Crippen molar-refractivity contribution in [2.45, 2.75) is 110 Å². The van der Waals surface area contributed by atoms with Gasteiger partial charge in [0.25, 0.3) is 0 Å². The Labute approximate surface area is 190 Å². The molecule has 3 saturated carbocycles. The van der Waals surface area contributed by atoms with Gasteiger partial charge in [0.1, 0.15) is 11.7 Å². The Hall–Kier alpha value is -0.640. The van der Waals surface area contributed by atoms with Crippen LogP contribution < -0.4 is 0 Å². The second-order valence-corrected chi connectivity index (χ2v) is 12.5. The molecule has 0 radical (unpaired) electrons. The molecule has 0 amide bonds. The molecule has 3 fully saturated rings. The van der Waals surface area contributed by atoms with Crippen molar-refractivity contribution in [1.29, 1.82) is 0 Å². The van der Waals surface area contributed by atoms with E-state index in [1.807, 2.05) is 6.08 Å². The van der Waals surface area contributed by atoms with E-state index < -0.39 is 17.8 Å². The Morgan fingerprint density at radius 2 is 1.77 bits per heavy atom. The molecule has 4 aliphatic carbocycles. The minimum Gasteiger partial charge on any atom is -0.393 e. The van der Waals surface area contributed by atoms with Gasteiger partial charge in [-0.25, -0.2) is 0 Å². The molecular weight excluding hydrogens is 384 g/mol. The second kappa shape index (κ2) is 7.99. The van der Waals surface area contributed by atoms with Crippen LogP contribution in [0.3, 0.4) is 0 Å². The number of hydrogen-bond acceptors (Lipinski definition) is 3. The zero-order valence-corrected chi connectivity index (χ0v) is 20.5. The number of hydrogen-bond donors (Lipinski definition) is 3. The van der Waals surface area contributed by atoms with Gasteiger partial charge >= 0.3 is 0 Å². The van der Waals surface area contributed by atoms with Gasteiger partial charge in [-0.15, -0.1) is 0 Å². The zero-order chi connectivity index (χ0) is 22.8. The van der Waals surface area contributed by atoms with E-state index in [0.717, 1.165) is 31.6 Å². The highest BCUT2D eigenvalue weighted by Crippen LogP contribution is 2.67. The van der Waals surface area contributed by atoms with Gasteiger partial charge in [0, 0.05) is 11.8 Å². The summed E-state index contributed by atoms with van der Waals surface area (Å²) in [6, 6.07) is 0. The average molecular weight is 431 g/mol. The molecule has 3 nitrogen and oxygen atoms in total. The van der Waals surface area contributed by atoms with Gasteiger partial charge in [-0.05, 0) is 86.4 Å². The fourth-order valence-electron chi connectivity index (χ4n) is 8.42. The molecule has 3 N–H and O–H groups in total. The summed E-state index contributed by atoms with van der Waals surface area (Å²) >= 11 is 0. The van der Waals surface area contributed by atoms with E-state index in [1.54, 1.807) is 0 Å². The highest BCUT2D eigenvalue weighted by Gasteiger charge is 2.64. The Balaban J connectivity index is 1.58. The van der Waals surface area contributed by atoms with E-state index in [9.17, 15) is 15.3 Å². The third kappa shape index (κ3) is 3.49. The third-order valence-electron chi connectivity index (χ3n) is 10.8. The monoisotopic (exact) mass is 430 g/mol. The predicted octanol–water partition coefficient (Wildman–Crippen LogP) is 5.64. The lowest BCUT2D eigenvalue weighted by atomic mass is 9.45. The van der Waals surface area contributed by atoms with Gasteiger partial charge in [0.05, 0.1) is 6.10 Å². The molecule has 4 rings (SSSR count). The number of fused-ring (bicyclic) bond motifs is 5. The molecule has 0 aromatic carbocycles. The smallest absolute Gasteiger partial charge is 0.102 e. The van der Waals surface area contributed by atoms with Crippen LogP contribution >= 0.6 is 0 Å². The summed E-state index contributed by atoms with van der Waals surface area (Å²) < 4.78 is 0. The highest BCUT2D eigenvalue weighted by molar-refractivity contribution is 5.33. The van der Waals surface area contributed by atoms with Crippen LogP contribution in [0.5, 0.6) is 0 Å². The lowest BCUT2D eigenvalue weighted by molar-refractivity contribution is -0.210. The van der Waals surface area contributed by atoms with Crippen molar-refractivity contribution >= 4 is 0 Å². The Morgan fingerprint density at radius 3 is 2.45 bits per heavy atom. The molecule has 0 bridgehead atoms. The van der Waals surface area contributed by atoms with Gasteiger partial charge in [-0.3, -0.25) is 0 Å². The van der Waals surface area contributed by atoms with E-state index >= 15 is 0 Å². The van der Waals surface area contributed by atoms with Crippen molar-refractivity contribution in [3.8, 4) is 0 Å². The molecule has 0 saturated heterocycles. The summed E-state index contributed by atoms with van der Waals surface area (Å²) in [5.41, 5.74) is 1.57. The molecule has 0 heterocycles. The maximum Gasteiger partial charge on any atom is 0.102 e. The van der Waals surface area contributed by atoms with Crippen LogP contribution in [0.4, 0.5) is 0 Å². The largest absolute Gasteiger partial charge is 0.393 e. The molecule has 0 spiro atoms. The van der Waals surface area contributed by atoms with Crippen LogP contribution in [-0.4, -0.2) is 33.1 Å². The molecule has 0 aliphatic heterocycles. The van der Waals surface area contributed by atoms with Crippen molar-refractivity contribution in [3.05, 3.63) is 23.8 Å². The molecule has 0 aromatic rings. The highest BCUT2D eigenvalue weighted by atomic mass is 16.3. The summed E-state index contributed by atoms with van der Waals surface area (Å²) in [4.78, 5) is 0. The average Bonchev–Trinajstić information content (AvgIpc) is 3.05. The van der Waals surface area contributed by atoms with E-state index in [0.29, 0.717) is 35.5 Å². The van der Waals surface area contributed by atoms with Crippen LogP contribution in [-0.2, 0) is 0 Å².